The van der Waals surface area contributed by atoms with Crippen molar-refractivity contribution >= 4 is 5.91 Å². The maximum atomic E-state index is 12.4. The van der Waals surface area contributed by atoms with Gasteiger partial charge in [-0.25, -0.2) is 0 Å². The number of carbonyl (C=O) groups is 1. The zero-order chi connectivity index (χ0) is 17.7. The Hall–Kier alpha value is -2.27. The Morgan fingerprint density at radius 1 is 1.32 bits per heavy atom. The van der Waals surface area contributed by atoms with E-state index >= 15 is 0 Å². The zero-order valence-electron chi connectivity index (χ0n) is 14.5. The van der Waals surface area contributed by atoms with E-state index in [0.29, 0.717) is 17.9 Å². The molecular weight excluding hydrogens is 318 g/mol. The molecule has 0 bridgehead atoms. The minimum Gasteiger partial charge on any atom is -0.494 e. The van der Waals surface area contributed by atoms with Crippen LogP contribution >= 0.6 is 0 Å². The van der Waals surface area contributed by atoms with E-state index in [1.807, 2.05) is 0 Å². The predicted molar refractivity (Wildman–Crippen MR) is 94.5 cm³/mol. The Kier molecular flexibility index (Phi) is 5.43. The van der Waals surface area contributed by atoms with Gasteiger partial charge < -0.3 is 19.6 Å². The molecule has 1 amide bonds. The molecule has 1 atom stereocenters. The molecule has 0 spiro atoms. The Balaban J connectivity index is 1.58. The smallest absolute Gasteiger partial charge is 0.251 e. The summed E-state index contributed by atoms with van der Waals surface area (Å²) in [4.78, 5) is 12.4. The molecule has 0 saturated heterocycles. The molecule has 5 heteroatoms. The number of furan rings is 1. The molecule has 1 fully saturated rings. The van der Waals surface area contributed by atoms with E-state index in [1.165, 1.54) is 0 Å². The van der Waals surface area contributed by atoms with Gasteiger partial charge in [0.15, 0.2) is 0 Å². The monoisotopic (exact) mass is 343 g/mol. The highest BCUT2D eigenvalue weighted by Crippen LogP contribution is 2.45. The molecular formula is C20H25NO4. The van der Waals surface area contributed by atoms with E-state index in [9.17, 15) is 9.90 Å². The van der Waals surface area contributed by atoms with Crippen molar-refractivity contribution in [2.75, 3.05) is 13.2 Å². The summed E-state index contributed by atoms with van der Waals surface area (Å²) in [5.74, 6) is 1.18. The largest absolute Gasteiger partial charge is 0.494 e. The van der Waals surface area contributed by atoms with Crippen molar-refractivity contribution in [3.8, 4) is 5.75 Å². The van der Waals surface area contributed by atoms with Gasteiger partial charge in [0.05, 0.1) is 19.4 Å². The number of hydrogen-bond donors (Lipinski definition) is 2. The summed E-state index contributed by atoms with van der Waals surface area (Å²) in [7, 11) is 0. The van der Waals surface area contributed by atoms with Crippen LogP contribution in [0.2, 0.25) is 0 Å². The lowest BCUT2D eigenvalue weighted by Crippen LogP contribution is -2.42. The lowest BCUT2D eigenvalue weighted by Gasteiger charge is -2.26. The third kappa shape index (κ3) is 4.23. The summed E-state index contributed by atoms with van der Waals surface area (Å²) in [5.41, 5.74) is -0.594. The molecule has 1 heterocycles. The molecule has 2 N–H and O–H groups in total. The number of hydrogen-bond acceptors (Lipinski definition) is 4. The second-order valence-corrected chi connectivity index (χ2v) is 6.58. The summed E-state index contributed by atoms with van der Waals surface area (Å²) in [6, 6.07) is 10.6. The van der Waals surface area contributed by atoms with Crippen LogP contribution in [0.1, 0.15) is 48.7 Å². The summed E-state index contributed by atoms with van der Waals surface area (Å²) in [6.45, 7) is 2.93. The summed E-state index contributed by atoms with van der Waals surface area (Å²) in [5, 5.41) is 13.8. The summed E-state index contributed by atoms with van der Waals surface area (Å²) in [6.07, 6.45) is 5.52. The molecule has 1 aliphatic rings. The zero-order valence-corrected chi connectivity index (χ0v) is 14.5. The van der Waals surface area contributed by atoms with Crippen molar-refractivity contribution in [2.45, 2.75) is 38.2 Å². The molecule has 1 aromatic heterocycles. The van der Waals surface area contributed by atoms with Gasteiger partial charge in [0, 0.05) is 5.56 Å². The average molecular weight is 343 g/mol. The molecule has 1 unspecified atom stereocenters. The average Bonchev–Trinajstić information content (AvgIpc) is 3.35. The van der Waals surface area contributed by atoms with Crippen LogP contribution in [0.4, 0.5) is 0 Å². The van der Waals surface area contributed by atoms with E-state index in [1.54, 1.807) is 42.7 Å². The molecule has 0 aliphatic heterocycles. The molecule has 25 heavy (non-hydrogen) atoms. The highest BCUT2D eigenvalue weighted by atomic mass is 16.5. The van der Waals surface area contributed by atoms with E-state index in [2.05, 4.69) is 12.2 Å². The lowest BCUT2D eigenvalue weighted by atomic mass is 9.94. The van der Waals surface area contributed by atoms with Gasteiger partial charge >= 0.3 is 0 Å². The number of amides is 1. The Labute approximate surface area is 148 Å². The van der Waals surface area contributed by atoms with E-state index in [-0.39, 0.29) is 18.4 Å². The topological polar surface area (TPSA) is 71.7 Å². The number of ether oxygens (including phenoxy) is 1. The molecule has 3 rings (SSSR count). The van der Waals surface area contributed by atoms with Gasteiger partial charge in [0.25, 0.3) is 5.91 Å². The molecule has 1 saturated carbocycles. The number of rotatable bonds is 9. The Bertz CT molecular complexity index is 676. The first-order valence-electron chi connectivity index (χ1n) is 8.91. The van der Waals surface area contributed by atoms with Gasteiger partial charge in [-0.05, 0) is 61.6 Å². The van der Waals surface area contributed by atoms with Crippen LogP contribution in [0.15, 0.2) is 47.1 Å². The van der Waals surface area contributed by atoms with E-state index in [4.69, 9.17) is 9.15 Å². The Morgan fingerprint density at radius 2 is 2.08 bits per heavy atom. The van der Waals surface area contributed by atoms with Crippen LogP contribution < -0.4 is 10.1 Å². The van der Waals surface area contributed by atoms with Crippen LogP contribution in [0.3, 0.4) is 0 Å². The van der Waals surface area contributed by atoms with E-state index < -0.39 is 5.60 Å². The second kappa shape index (κ2) is 7.74. The quantitative estimate of drug-likeness (QED) is 0.684. The highest BCUT2D eigenvalue weighted by Gasteiger charge is 2.47. The first kappa shape index (κ1) is 17.5. The van der Waals surface area contributed by atoms with Crippen molar-refractivity contribution < 1.29 is 19.1 Å². The van der Waals surface area contributed by atoms with Crippen LogP contribution in [0.5, 0.6) is 5.75 Å². The highest BCUT2D eigenvalue weighted by molar-refractivity contribution is 5.94. The van der Waals surface area contributed by atoms with Gasteiger partial charge in [-0.15, -0.1) is 0 Å². The molecule has 5 nitrogen and oxygen atoms in total. The third-order valence-corrected chi connectivity index (χ3v) is 4.60. The normalized spacial score (nSPS) is 16.2. The van der Waals surface area contributed by atoms with Gasteiger partial charge in [0.1, 0.15) is 17.1 Å². The maximum Gasteiger partial charge on any atom is 0.251 e. The second-order valence-electron chi connectivity index (χ2n) is 6.58. The fourth-order valence-corrected chi connectivity index (χ4v) is 2.87. The first-order valence-corrected chi connectivity index (χ1v) is 8.91. The van der Waals surface area contributed by atoms with Crippen molar-refractivity contribution in [1.29, 1.82) is 0 Å². The van der Waals surface area contributed by atoms with Crippen molar-refractivity contribution in [2.24, 2.45) is 5.92 Å². The number of benzene rings is 1. The van der Waals surface area contributed by atoms with Crippen LogP contribution in [-0.4, -0.2) is 24.2 Å². The molecule has 1 aliphatic carbocycles. The minimum atomic E-state index is -1.14. The molecule has 0 radical (unpaired) electrons. The lowest BCUT2D eigenvalue weighted by molar-refractivity contribution is -0.00611. The third-order valence-electron chi connectivity index (χ3n) is 4.60. The first-order chi connectivity index (χ1) is 12.1. The van der Waals surface area contributed by atoms with E-state index in [0.717, 1.165) is 31.4 Å². The molecule has 134 valence electrons. The Morgan fingerprint density at radius 3 is 2.68 bits per heavy atom. The van der Waals surface area contributed by atoms with Crippen LogP contribution in [0, 0.1) is 5.92 Å². The summed E-state index contributed by atoms with van der Waals surface area (Å²) < 4.78 is 11.0. The molecule has 2 aromatic rings. The summed E-state index contributed by atoms with van der Waals surface area (Å²) >= 11 is 0. The van der Waals surface area contributed by atoms with Gasteiger partial charge in [-0.1, -0.05) is 13.3 Å². The van der Waals surface area contributed by atoms with Crippen molar-refractivity contribution in [1.82, 2.24) is 5.32 Å². The van der Waals surface area contributed by atoms with Gasteiger partial charge in [-0.3, -0.25) is 4.79 Å². The number of aliphatic hydroxyl groups is 1. The fourth-order valence-electron chi connectivity index (χ4n) is 2.87. The number of unbranched alkanes of at least 4 members (excludes halogenated alkanes) is 1. The number of carbonyl (C=O) groups excluding carboxylic acids is 1. The van der Waals surface area contributed by atoms with Crippen molar-refractivity contribution in [3.63, 3.8) is 0 Å². The van der Waals surface area contributed by atoms with Gasteiger partial charge in [-0.2, -0.15) is 0 Å². The fraction of sp³-hybridized carbons (Fsp3) is 0.450. The predicted octanol–water partition coefficient (Wildman–Crippen LogP) is 3.49. The minimum absolute atomic E-state index is 0.133. The molecule has 1 aromatic carbocycles. The van der Waals surface area contributed by atoms with Crippen LogP contribution in [0.25, 0.3) is 0 Å². The van der Waals surface area contributed by atoms with Crippen molar-refractivity contribution in [3.05, 3.63) is 54.0 Å². The SMILES string of the molecule is CCCCOc1ccc(C(=O)NCC(O)(c2ccco2)C2CC2)cc1. The van der Waals surface area contributed by atoms with Gasteiger partial charge in [0.2, 0.25) is 0 Å². The van der Waals surface area contributed by atoms with Crippen LogP contribution in [-0.2, 0) is 5.60 Å². The standard InChI is InChI=1S/C20H25NO4/c1-2-3-12-24-17-10-6-15(7-11-17)19(22)21-14-20(23,16-8-9-16)18-5-4-13-25-18/h4-7,10-11,13,16,23H,2-3,8-9,12,14H2,1H3,(H,21,22). The number of nitrogens with one attached hydrogen (secondary N) is 1. The maximum absolute atomic E-state index is 12.4.